The summed E-state index contributed by atoms with van der Waals surface area (Å²) in [7, 11) is 1.53. The summed E-state index contributed by atoms with van der Waals surface area (Å²) < 4.78 is 19.1. The second-order valence-electron chi connectivity index (χ2n) is 8.23. The summed E-state index contributed by atoms with van der Waals surface area (Å²) in [5, 5.41) is 0. The number of rotatable bonds is 7. The summed E-state index contributed by atoms with van der Waals surface area (Å²) >= 11 is 4.80. The summed E-state index contributed by atoms with van der Waals surface area (Å²) in [4.78, 5) is 31.9. The second-order valence-corrected chi connectivity index (χ2v) is 10.1. The lowest BCUT2D eigenvalue weighted by Gasteiger charge is -2.24. The number of carbonyl (C=O) groups is 1. The van der Waals surface area contributed by atoms with Gasteiger partial charge in [0.05, 0.1) is 35.6 Å². The molecule has 2 heterocycles. The molecule has 0 unspecified atom stereocenters. The van der Waals surface area contributed by atoms with E-state index < -0.39 is 12.0 Å². The summed E-state index contributed by atoms with van der Waals surface area (Å²) in [5.41, 5.74) is 3.19. The normalized spacial score (nSPS) is 15.0. The fourth-order valence-electron chi connectivity index (χ4n) is 4.05. The van der Waals surface area contributed by atoms with Gasteiger partial charge in [0, 0.05) is 4.47 Å². The summed E-state index contributed by atoms with van der Waals surface area (Å²) in [5.74, 6) is 2.91. The van der Waals surface area contributed by atoms with Crippen LogP contribution in [0, 0.1) is 19.3 Å². The average molecular weight is 581 g/mol. The van der Waals surface area contributed by atoms with Crippen molar-refractivity contribution in [1.82, 2.24) is 4.57 Å². The zero-order valence-electron chi connectivity index (χ0n) is 20.8. The van der Waals surface area contributed by atoms with Gasteiger partial charge >= 0.3 is 5.97 Å². The molecular weight excluding hydrogens is 556 g/mol. The van der Waals surface area contributed by atoms with Crippen molar-refractivity contribution >= 4 is 39.3 Å². The molecule has 3 aromatic rings. The number of nitrogens with zero attached hydrogens (tertiary/aromatic N) is 2. The maximum absolute atomic E-state index is 13.8. The number of hydrogen-bond donors (Lipinski definition) is 0. The SMILES string of the molecule is C#CCOc1cc(Br)c(/C=c2/sc3n(c2=O)[C@@H](c2ccc(C)cc2)C(C(=O)OCC)=C(C)N=3)cc1OC. The van der Waals surface area contributed by atoms with E-state index in [0.29, 0.717) is 42.1 Å². The molecule has 190 valence electrons. The molecule has 7 nitrogen and oxygen atoms in total. The quantitative estimate of drug-likeness (QED) is 0.313. The molecule has 0 saturated heterocycles. The van der Waals surface area contributed by atoms with Gasteiger partial charge in [-0.1, -0.05) is 63.0 Å². The Kier molecular flexibility index (Phi) is 8.00. The van der Waals surface area contributed by atoms with Crippen LogP contribution in [0.3, 0.4) is 0 Å². The Hall–Kier alpha value is -3.61. The first kappa shape index (κ1) is 26.5. The number of esters is 1. The minimum Gasteiger partial charge on any atom is -0.493 e. The highest BCUT2D eigenvalue weighted by Crippen LogP contribution is 2.34. The summed E-state index contributed by atoms with van der Waals surface area (Å²) in [6.45, 7) is 5.82. The Bertz CT molecular complexity index is 1610. The van der Waals surface area contributed by atoms with E-state index in [2.05, 4.69) is 26.8 Å². The Labute approximate surface area is 226 Å². The van der Waals surface area contributed by atoms with E-state index in [4.69, 9.17) is 20.6 Å². The Morgan fingerprint density at radius 1 is 1.24 bits per heavy atom. The second kappa shape index (κ2) is 11.2. The molecule has 0 spiro atoms. The van der Waals surface area contributed by atoms with Crippen molar-refractivity contribution in [1.29, 1.82) is 0 Å². The zero-order chi connectivity index (χ0) is 26.7. The first-order valence-electron chi connectivity index (χ1n) is 11.5. The highest BCUT2D eigenvalue weighted by Gasteiger charge is 2.33. The van der Waals surface area contributed by atoms with Crippen molar-refractivity contribution in [3.05, 3.63) is 88.5 Å². The molecular formula is C28H25BrN2O5S. The van der Waals surface area contributed by atoms with Crippen molar-refractivity contribution in [3.63, 3.8) is 0 Å². The van der Waals surface area contributed by atoms with Crippen LogP contribution in [0.5, 0.6) is 11.5 Å². The number of thiazole rings is 1. The number of allylic oxidation sites excluding steroid dienone is 1. The lowest BCUT2D eigenvalue weighted by atomic mass is 9.95. The molecule has 1 aromatic heterocycles. The maximum Gasteiger partial charge on any atom is 0.338 e. The van der Waals surface area contributed by atoms with Crippen LogP contribution in [0.15, 0.2) is 61.9 Å². The third-order valence-electron chi connectivity index (χ3n) is 5.79. The first-order valence-corrected chi connectivity index (χ1v) is 13.1. The minimum atomic E-state index is -0.657. The predicted octanol–water partition coefficient (Wildman–Crippen LogP) is 3.89. The Morgan fingerprint density at radius 3 is 2.62 bits per heavy atom. The third kappa shape index (κ3) is 5.26. The number of hydrogen-bond acceptors (Lipinski definition) is 7. The number of terminal acetylenes is 1. The lowest BCUT2D eigenvalue weighted by Crippen LogP contribution is -2.39. The van der Waals surface area contributed by atoms with Crippen LogP contribution in [-0.2, 0) is 9.53 Å². The molecule has 0 bridgehead atoms. The molecule has 9 heteroatoms. The molecule has 0 aliphatic carbocycles. The average Bonchev–Trinajstić information content (AvgIpc) is 3.18. The molecule has 0 N–H and O–H groups in total. The first-order chi connectivity index (χ1) is 17.8. The molecule has 0 radical (unpaired) electrons. The topological polar surface area (TPSA) is 79.1 Å². The number of carbonyl (C=O) groups excluding carboxylic acids is 1. The molecule has 2 aromatic carbocycles. The van der Waals surface area contributed by atoms with Crippen LogP contribution in [-0.4, -0.2) is 30.9 Å². The van der Waals surface area contributed by atoms with Gasteiger partial charge < -0.3 is 14.2 Å². The lowest BCUT2D eigenvalue weighted by molar-refractivity contribution is -0.139. The number of benzene rings is 2. The van der Waals surface area contributed by atoms with Crippen molar-refractivity contribution < 1.29 is 19.0 Å². The largest absolute Gasteiger partial charge is 0.493 e. The van der Waals surface area contributed by atoms with Gasteiger partial charge in [0.15, 0.2) is 16.3 Å². The van der Waals surface area contributed by atoms with Crippen LogP contribution < -0.4 is 24.4 Å². The van der Waals surface area contributed by atoms with Crippen LogP contribution >= 0.6 is 27.3 Å². The van der Waals surface area contributed by atoms with E-state index in [-0.39, 0.29) is 18.8 Å². The van der Waals surface area contributed by atoms with Gasteiger partial charge in [-0.3, -0.25) is 9.36 Å². The highest BCUT2D eigenvalue weighted by molar-refractivity contribution is 9.10. The van der Waals surface area contributed by atoms with Crippen molar-refractivity contribution in [3.8, 4) is 23.8 Å². The highest BCUT2D eigenvalue weighted by atomic mass is 79.9. The molecule has 0 fully saturated rings. The zero-order valence-corrected chi connectivity index (χ0v) is 23.2. The molecule has 0 saturated carbocycles. The number of ether oxygens (including phenoxy) is 3. The van der Waals surface area contributed by atoms with E-state index in [1.165, 1.54) is 18.4 Å². The van der Waals surface area contributed by atoms with Gasteiger partial charge in [-0.25, -0.2) is 9.79 Å². The molecule has 1 atom stereocenters. The maximum atomic E-state index is 13.8. The van der Waals surface area contributed by atoms with Crippen molar-refractivity contribution in [2.75, 3.05) is 20.3 Å². The van der Waals surface area contributed by atoms with Crippen LogP contribution in [0.4, 0.5) is 0 Å². The molecule has 4 rings (SSSR count). The number of halogens is 1. The number of fused-ring (bicyclic) bond motifs is 1. The van der Waals surface area contributed by atoms with Gasteiger partial charge in [-0.05, 0) is 50.1 Å². The molecule has 1 aliphatic rings. The fourth-order valence-corrected chi connectivity index (χ4v) is 5.52. The Balaban J connectivity index is 1.91. The molecule has 37 heavy (non-hydrogen) atoms. The summed E-state index contributed by atoms with van der Waals surface area (Å²) in [6, 6.07) is 10.6. The van der Waals surface area contributed by atoms with Crippen molar-refractivity contribution in [2.24, 2.45) is 4.99 Å². The smallest absolute Gasteiger partial charge is 0.338 e. The standard InChI is InChI=1S/C28H25BrN2O5S/c1-6-12-36-22-15-20(29)19(13-21(22)34-5)14-23-26(32)31-25(18-10-8-16(3)9-11-18)24(27(33)35-7-2)17(4)30-28(31)37-23/h1,8-11,13-15,25H,7,12H2,2-5H3/b23-14+/t25-/m0/s1. The van der Waals surface area contributed by atoms with E-state index in [9.17, 15) is 9.59 Å². The third-order valence-corrected chi connectivity index (χ3v) is 7.46. The predicted molar refractivity (Wildman–Crippen MR) is 147 cm³/mol. The number of aromatic nitrogens is 1. The van der Waals surface area contributed by atoms with Crippen LogP contribution in [0.25, 0.3) is 6.08 Å². The fraction of sp³-hybridized carbons (Fsp3) is 0.250. The van der Waals surface area contributed by atoms with Crippen molar-refractivity contribution in [2.45, 2.75) is 26.8 Å². The number of methoxy groups -OCH3 is 1. The van der Waals surface area contributed by atoms with Gasteiger partial charge in [0.25, 0.3) is 5.56 Å². The van der Waals surface area contributed by atoms with Gasteiger partial charge in [0.1, 0.15) is 6.61 Å². The van der Waals surface area contributed by atoms with Gasteiger partial charge in [-0.2, -0.15) is 0 Å². The van der Waals surface area contributed by atoms with E-state index >= 15 is 0 Å². The van der Waals surface area contributed by atoms with Gasteiger partial charge in [0.2, 0.25) is 0 Å². The molecule has 0 amide bonds. The molecule has 1 aliphatic heterocycles. The van der Waals surface area contributed by atoms with Crippen LogP contribution in [0.2, 0.25) is 0 Å². The summed E-state index contributed by atoms with van der Waals surface area (Å²) in [6.07, 6.45) is 7.07. The van der Waals surface area contributed by atoms with E-state index in [0.717, 1.165) is 11.1 Å². The monoisotopic (exact) mass is 580 g/mol. The Morgan fingerprint density at radius 2 is 1.97 bits per heavy atom. The number of aryl methyl sites for hydroxylation is 1. The minimum absolute atomic E-state index is 0.0991. The van der Waals surface area contributed by atoms with E-state index in [1.54, 1.807) is 36.6 Å². The van der Waals surface area contributed by atoms with E-state index in [1.807, 2.05) is 31.2 Å². The van der Waals surface area contributed by atoms with Crippen LogP contribution in [0.1, 0.15) is 36.6 Å². The van der Waals surface area contributed by atoms with Gasteiger partial charge in [-0.15, -0.1) is 6.42 Å².